The molecule has 1 aliphatic rings. The minimum absolute atomic E-state index is 0.345. The molecule has 0 bridgehead atoms. The summed E-state index contributed by atoms with van der Waals surface area (Å²) in [4.78, 5) is 13.7. The summed E-state index contributed by atoms with van der Waals surface area (Å²) < 4.78 is 5.30. The molecule has 104 valence electrons. The summed E-state index contributed by atoms with van der Waals surface area (Å²) in [6, 6.07) is 11.5. The normalized spacial score (nSPS) is 14.2. The average molecular weight is 271 g/mol. The van der Waals surface area contributed by atoms with Gasteiger partial charge in [-0.25, -0.2) is 0 Å². The highest BCUT2D eigenvalue weighted by atomic mass is 16.4. The maximum Gasteiger partial charge on any atom is 0.226 e. The lowest BCUT2D eigenvalue weighted by molar-refractivity contribution is 0.411. The van der Waals surface area contributed by atoms with Crippen LogP contribution in [0.4, 0.5) is 5.69 Å². The molecular formula is C16H17NO3. The first kappa shape index (κ1) is 12.8. The van der Waals surface area contributed by atoms with Crippen molar-refractivity contribution in [2.75, 3.05) is 11.4 Å². The summed E-state index contributed by atoms with van der Waals surface area (Å²) in [5.74, 6) is 0.957. The summed E-state index contributed by atoms with van der Waals surface area (Å²) in [5, 5.41) is 9.23. The van der Waals surface area contributed by atoms with Crippen molar-refractivity contribution < 1.29 is 9.52 Å². The summed E-state index contributed by atoms with van der Waals surface area (Å²) in [6.45, 7) is 1.50. The molecule has 0 saturated heterocycles. The number of aromatic hydroxyl groups is 1. The first-order valence-corrected chi connectivity index (χ1v) is 6.83. The van der Waals surface area contributed by atoms with E-state index in [0.717, 1.165) is 24.4 Å². The minimum Gasteiger partial charge on any atom is -0.502 e. The van der Waals surface area contributed by atoms with Crippen molar-refractivity contribution >= 4 is 5.69 Å². The van der Waals surface area contributed by atoms with Gasteiger partial charge in [0.25, 0.3) is 0 Å². The number of rotatable bonds is 5. The van der Waals surface area contributed by atoms with E-state index in [0.29, 0.717) is 12.3 Å². The molecule has 1 aromatic carbocycles. The molecule has 20 heavy (non-hydrogen) atoms. The zero-order chi connectivity index (χ0) is 13.9. The van der Waals surface area contributed by atoms with Crippen LogP contribution in [0.15, 0.2) is 51.9 Å². The predicted molar refractivity (Wildman–Crippen MR) is 76.9 cm³/mol. The van der Waals surface area contributed by atoms with Crippen molar-refractivity contribution in [3.05, 3.63) is 58.6 Å². The van der Waals surface area contributed by atoms with E-state index in [1.165, 1.54) is 18.9 Å². The topological polar surface area (TPSA) is 53.7 Å². The molecule has 0 amide bonds. The number of benzene rings is 1. The summed E-state index contributed by atoms with van der Waals surface area (Å²) in [5.41, 5.74) is 0.723. The first-order valence-electron chi connectivity index (χ1n) is 6.83. The second kappa shape index (κ2) is 5.41. The van der Waals surface area contributed by atoms with Crippen LogP contribution in [0.3, 0.4) is 0 Å². The maximum atomic E-state index is 11.5. The van der Waals surface area contributed by atoms with E-state index in [1.54, 1.807) is 0 Å². The third kappa shape index (κ3) is 3.02. The molecule has 1 fully saturated rings. The van der Waals surface area contributed by atoms with E-state index < -0.39 is 5.43 Å². The summed E-state index contributed by atoms with van der Waals surface area (Å²) >= 11 is 0. The molecule has 3 rings (SSSR count). The lowest BCUT2D eigenvalue weighted by Gasteiger charge is -2.24. The van der Waals surface area contributed by atoms with Crippen LogP contribution >= 0.6 is 0 Å². The number of para-hydroxylation sites is 1. The molecule has 4 nitrogen and oxygen atoms in total. The van der Waals surface area contributed by atoms with Gasteiger partial charge in [-0.3, -0.25) is 4.79 Å². The van der Waals surface area contributed by atoms with E-state index in [1.807, 2.05) is 18.2 Å². The van der Waals surface area contributed by atoms with E-state index in [2.05, 4.69) is 17.0 Å². The second-order valence-electron chi connectivity index (χ2n) is 5.26. The van der Waals surface area contributed by atoms with Crippen LogP contribution in [0.1, 0.15) is 18.6 Å². The summed E-state index contributed by atoms with van der Waals surface area (Å²) in [6.07, 6.45) is 3.64. The van der Waals surface area contributed by atoms with Gasteiger partial charge in [0.15, 0.2) is 5.75 Å². The first-order chi connectivity index (χ1) is 9.72. The van der Waals surface area contributed by atoms with Crippen molar-refractivity contribution in [3.63, 3.8) is 0 Å². The van der Waals surface area contributed by atoms with Gasteiger partial charge in [-0.15, -0.1) is 0 Å². The Balaban J connectivity index is 1.82. The van der Waals surface area contributed by atoms with Crippen molar-refractivity contribution in [3.8, 4) is 5.75 Å². The van der Waals surface area contributed by atoms with Crippen molar-refractivity contribution in [2.45, 2.75) is 19.4 Å². The SMILES string of the molecule is O=c1cc(CN(CC2CC2)c2ccccc2)occ1O. The van der Waals surface area contributed by atoms with Crippen LogP contribution in [0, 0.1) is 5.92 Å². The van der Waals surface area contributed by atoms with Crippen molar-refractivity contribution in [2.24, 2.45) is 5.92 Å². The Morgan fingerprint density at radius 1 is 1.25 bits per heavy atom. The molecule has 1 aromatic heterocycles. The quantitative estimate of drug-likeness (QED) is 0.908. The molecule has 1 saturated carbocycles. The van der Waals surface area contributed by atoms with Gasteiger partial charge >= 0.3 is 0 Å². The van der Waals surface area contributed by atoms with Crippen molar-refractivity contribution in [1.82, 2.24) is 0 Å². The van der Waals surface area contributed by atoms with Gasteiger partial charge in [-0.1, -0.05) is 18.2 Å². The molecule has 1 N–H and O–H groups in total. The van der Waals surface area contributed by atoms with E-state index in [9.17, 15) is 9.90 Å². The van der Waals surface area contributed by atoms with Gasteiger partial charge in [-0.05, 0) is 30.9 Å². The fraction of sp³-hybridized carbons (Fsp3) is 0.312. The van der Waals surface area contributed by atoms with Crippen molar-refractivity contribution in [1.29, 1.82) is 0 Å². The fourth-order valence-electron chi connectivity index (χ4n) is 2.23. The number of nitrogens with zero attached hydrogens (tertiary/aromatic N) is 1. The number of hydrogen-bond donors (Lipinski definition) is 1. The number of anilines is 1. The molecule has 1 heterocycles. The minimum atomic E-state index is -0.398. The fourth-order valence-corrected chi connectivity index (χ4v) is 2.23. The Hall–Kier alpha value is -2.23. The molecule has 0 aliphatic heterocycles. The van der Waals surface area contributed by atoms with Crippen LogP contribution in [0.2, 0.25) is 0 Å². The van der Waals surface area contributed by atoms with Gasteiger partial charge < -0.3 is 14.4 Å². The Bertz CT molecular complexity index is 632. The second-order valence-corrected chi connectivity index (χ2v) is 5.26. The molecule has 2 aromatic rings. The Morgan fingerprint density at radius 2 is 2.00 bits per heavy atom. The molecule has 0 unspecified atom stereocenters. The van der Waals surface area contributed by atoms with E-state index in [4.69, 9.17) is 4.42 Å². The smallest absolute Gasteiger partial charge is 0.226 e. The maximum absolute atomic E-state index is 11.5. The zero-order valence-electron chi connectivity index (χ0n) is 11.2. The third-order valence-electron chi connectivity index (χ3n) is 3.51. The monoisotopic (exact) mass is 271 g/mol. The zero-order valence-corrected chi connectivity index (χ0v) is 11.2. The van der Waals surface area contributed by atoms with Crippen LogP contribution in [-0.2, 0) is 6.54 Å². The largest absolute Gasteiger partial charge is 0.502 e. The van der Waals surface area contributed by atoms with Crippen LogP contribution in [0.25, 0.3) is 0 Å². The lowest BCUT2D eigenvalue weighted by Crippen LogP contribution is -2.25. The summed E-state index contributed by atoms with van der Waals surface area (Å²) in [7, 11) is 0. The van der Waals surface area contributed by atoms with Crippen LogP contribution < -0.4 is 10.3 Å². The van der Waals surface area contributed by atoms with Crippen LogP contribution in [0.5, 0.6) is 5.75 Å². The number of hydrogen-bond acceptors (Lipinski definition) is 4. The molecule has 0 spiro atoms. The highest BCUT2D eigenvalue weighted by Crippen LogP contribution is 2.32. The Labute approximate surface area is 117 Å². The van der Waals surface area contributed by atoms with Gasteiger partial charge in [0.1, 0.15) is 12.0 Å². The van der Waals surface area contributed by atoms with E-state index in [-0.39, 0.29) is 5.75 Å². The van der Waals surface area contributed by atoms with Gasteiger partial charge in [0.05, 0.1) is 6.54 Å². The van der Waals surface area contributed by atoms with Gasteiger partial charge in [-0.2, -0.15) is 0 Å². The average Bonchev–Trinajstić information content (AvgIpc) is 3.27. The van der Waals surface area contributed by atoms with Crippen LogP contribution in [-0.4, -0.2) is 11.7 Å². The molecule has 0 radical (unpaired) electrons. The predicted octanol–water partition coefficient (Wildman–Crippen LogP) is 2.76. The molecule has 1 aliphatic carbocycles. The van der Waals surface area contributed by atoms with Gasteiger partial charge in [0, 0.05) is 18.3 Å². The van der Waals surface area contributed by atoms with Gasteiger partial charge in [0.2, 0.25) is 5.43 Å². The standard InChI is InChI=1S/C16H17NO3/c18-15-8-14(20-11-16(15)19)10-17(9-12-6-7-12)13-4-2-1-3-5-13/h1-5,8,11-12,19H,6-7,9-10H2. The molecule has 0 atom stereocenters. The Kier molecular flexibility index (Phi) is 3.46. The molecular weight excluding hydrogens is 254 g/mol. The van der Waals surface area contributed by atoms with E-state index >= 15 is 0 Å². The highest BCUT2D eigenvalue weighted by Gasteiger charge is 2.25. The lowest BCUT2D eigenvalue weighted by atomic mass is 10.2. The third-order valence-corrected chi connectivity index (χ3v) is 3.51. The molecule has 4 heteroatoms. The highest BCUT2D eigenvalue weighted by molar-refractivity contribution is 5.46. The Morgan fingerprint density at radius 3 is 2.65 bits per heavy atom.